The Morgan fingerprint density at radius 3 is 2.75 bits per heavy atom. The van der Waals surface area contributed by atoms with Crippen LogP contribution in [0.25, 0.3) is 0 Å². The molecule has 0 saturated carbocycles. The summed E-state index contributed by atoms with van der Waals surface area (Å²) in [5, 5.41) is 0. The summed E-state index contributed by atoms with van der Waals surface area (Å²) in [5.41, 5.74) is 5.14. The van der Waals surface area contributed by atoms with Gasteiger partial charge in [0.25, 0.3) is 5.91 Å². The highest BCUT2D eigenvalue weighted by Crippen LogP contribution is 2.05. The number of aromatic nitrogens is 1. The molecule has 1 aromatic heterocycles. The lowest BCUT2D eigenvalue weighted by Crippen LogP contribution is -2.38. The molecule has 0 fully saturated rings. The van der Waals surface area contributed by atoms with Gasteiger partial charge in [-0.2, -0.15) is 4.39 Å². The second kappa shape index (κ2) is 5.20. The van der Waals surface area contributed by atoms with Crippen molar-refractivity contribution < 1.29 is 14.0 Å². The molecule has 2 N–H and O–H groups in total. The zero-order valence-electron chi connectivity index (χ0n) is 8.81. The fraction of sp³-hybridized carbons (Fsp3) is 0.300. The van der Waals surface area contributed by atoms with Crippen molar-refractivity contribution in [3.05, 3.63) is 29.8 Å². The van der Waals surface area contributed by atoms with Gasteiger partial charge in [0.1, 0.15) is 0 Å². The third kappa shape index (κ3) is 3.01. The smallest absolute Gasteiger partial charge is 0.254 e. The van der Waals surface area contributed by atoms with Crippen LogP contribution in [0.1, 0.15) is 17.3 Å². The minimum Gasteiger partial charge on any atom is -0.368 e. The number of pyridine rings is 1. The molecule has 2 amide bonds. The number of halogens is 1. The number of carbonyl (C=O) groups is 2. The molecule has 86 valence electrons. The van der Waals surface area contributed by atoms with E-state index in [-0.39, 0.29) is 12.1 Å². The van der Waals surface area contributed by atoms with E-state index < -0.39 is 17.8 Å². The first-order valence-corrected chi connectivity index (χ1v) is 4.73. The summed E-state index contributed by atoms with van der Waals surface area (Å²) in [7, 11) is 0. The Kier molecular flexibility index (Phi) is 3.93. The number of carbonyl (C=O) groups excluding carboxylic acids is 2. The molecule has 0 aromatic carbocycles. The zero-order valence-corrected chi connectivity index (χ0v) is 8.81. The molecular formula is C10H12FN3O2. The predicted molar refractivity (Wildman–Crippen MR) is 55.0 cm³/mol. The molecule has 0 aliphatic rings. The monoisotopic (exact) mass is 225 g/mol. The van der Waals surface area contributed by atoms with Gasteiger partial charge in [-0.05, 0) is 13.0 Å². The summed E-state index contributed by atoms with van der Waals surface area (Å²) in [6.45, 7) is 1.85. The summed E-state index contributed by atoms with van der Waals surface area (Å²) < 4.78 is 12.8. The molecule has 0 atom stereocenters. The molecule has 0 spiro atoms. The Labute approximate surface area is 92.1 Å². The molecule has 1 aromatic rings. The van der Waals surface area contributed by atoms with Crippen LogP contribution in [0.2, 0.25) is 0 Å². The Balaban J connectivity index is 2.86. The second-order valence-electron chi connectivity index (χ2n) is 3.15. The molecule has 6 heteroatoms. The first-order chi connectivity index (χ1) is 7.54. The summed E-state index contributed by atoms with van der Waals surface area (Å²) in [6, 6.07) is 2.40. The van der Waals surface area contributed by atoms with E-state index in [0.717, 1.165) is 6.07 Å². The molecule has 0 aliphatic heterocycles. The number of hydrogen-bond donors (Lipinski definition) is 1. The van der Waals surface area contributed by atoms with Crippen LogP contribution < -0.4 is 5.73 Å². The topological polar surface area (TPSA) is 76.3 Å². The van der Waals surface area contributed by atoms with E-state index in [1.807, 2.05) is 0 Å². The standard InChI is InChI=1S/C10H12FN3O2/c1-2-14(6-9(12)15)10(16)7-3-4-13-8(11)5-7/h3-5H,2,6H2,1H3,(H2,12,15). The first-order valence-electron chi connectivity index (χ1n) is 4.73. The average molecular weight is 225 g/mol. The Morgan fingerprint density at radius 1 is 1.56 bits per heavy atom. The summed E-state index contributed by atoms with van der Waals surface area (Å²) in [6.07, 6.45) is 1.20. The fourth-order valence-electron chi connectivity index (χ4n) is 1.23. The van der Waals surface area contributed by atoms with Gasteiger partial charge in [0.05, 0.1) is 6.54 Å². The Hall–Kier alpha value is -1.98. The number of primary amides is 1. The van der Waals surface area contributed by atoms with E-state index in [9.17, 15) is 14.0 Å². The second-order valence-corrected chi connectivity index (χ2v) is 3.15. The first kappa shape index (κ1) is 12.1. The molecule has 5 nitrogen and oxygen atoms in total. The van der Waals surface area contributed by atoms with Gasteiger partial charge in [-0.15, -0.1) is 0 Å². The van der Waals surface area contributed by atoms with Crippen molar-refractivity contribution >= 4 is 11.8 Å². The van der Waals surface area contributed by atoms with Crippen molar-refractivity contribution in [3.8, 4) is 0 Å². The van der Waals surface area contributed by atoms with Crippen molar-refractivity contribution in [1.82, 2.24) is 9.88 Å². The summed E-state index contributed by atoms with van der Waals surface area (Å²) >= 11 is 0. The molecule has 0 unspecified atom stereocenters. The van der Waals surface area contributed by atoms with Gasteiger partial charge in [0.2, 0.25) is 11.9 Å². The van der Waals surface area contributed by atoms with Crippen LogP contribution in [0.5, 0.6) is 0 Å². The van der Waals surface area contributed by atoms with Gasteiger partial charge in [0, 0.05) is 24.4 Å². The van der Waals surface area contributed by atoms with Crippen LogP contribution >= 0.6 is 0 Å². The molecule has 0 radical (unpaired) electrons. The number of rotatable bonds is 4. The SMILES string of the molecule is CCN(CC(N)=O)C(=O)c1ccnc(F)c1. The van der Waals surface area contributed by atoms with E-state index in [1.54, 1.807) is 6.92 Å². The van der Waals surface area contributed by atoms with Gasteiger partial charge in [-0.3, -0.25) is 9.59 Å². The minimum absolute atomic E-state index is 0.149. The number of hydrogen-bond acceptors (Lipinski definition) is 3. The van der Waals surface area contributed by atoms with Gasteiger partial charge < -0.3 is 10.6 Å². The number of nitrogens with two attached hydrogens (primary N) is 1. The zero-order chi connectivity index (χ0) is 12.1. The van der Waals surface area contributed by atoms with Crippen molar-refractivity contribution in [2.75, 3.05) is 13.1 Å². The van der Waals surface area contributed by atoms with E-state index in [4.69, 9.17) is 5.73 Å². The van der Waals surface area contributed by atoms with Crippen molar-refractivity contribution in [2.24, 2.45) is 5.73 Å². The lowest BCUT2D eigenvalue weighted by molar-refractivity contribution is -0.118. The highest BCUT2D eigenvalue weighted by molar-refractivity contribution is 5.96. The van der Waals surface area contributed by atoms with Crippen molar-refractivity contribution in [3.63, 3.8) is 0 Å². The normalized spacial score (nSPS) is 9.88. The van der Waals surface area contributed by atoms with Crippen LogP contribution in [0, 0.1) is 5.95 Å². The Bertz CT molecular complexity index is 409. The Morgan fingerprint density at radius 2 is 2.25 bits per heavy atom. The lowest BCUT2D eigenvalue weighted by Gasteiger charge is -2.18. The fourth-order valence-corrected chi connectivity index (χ4v) is 1.23. The number of amides is 2. The van der Waals surface area contributed by atoms with Gasteiger partial charge in [-0.25, -0.2) is 4.98 Å². The number of likely N-dealkylation sites (N-methyl/N-ethyl adjacent to an activating group) is 1. The molecule has 1 rings (SSSR count). The average Bonchev–Trinajstić information content (AvgIpc) is 2.24. The quantitative estimate of drug-likeness (QED) is 0.742. The molecule has 0 aliphatic carbocycles. The number of nitrogens with zero attached hydrogens (tertiary/aromatic N) is 2. The van der Waals surface area contributed by atoms with Crippen molar-refractivity contribution in [2.45, 2.75) is 6.92 Å². The van der Waals surface area contributed by atoms with Crippen LogP contribution in [0.15, 0.2) is 18.3 Å². The van der Waals surface area contributed by atoms with E-state index >= 15 is 0 Å². The minimum atomic E-state index is -0.735. The van der Waals surface area contributed by atoms with Crippen LogP contribution in [-0.4, -0.2) is 34.8 Å². The molecule has 0 saturated heterocycles. The summed E-state index contributed by atoms with van der Waals surface area (Å²) in [4.78, 5) is 27.1. The largest absolute Gasteiger partial charge is 0.368 e. The van der Waals surface area contributed by atoms with Gasteiger partial charge >= 0.3 is 0 Å². The maximum atomic E-state index is 12.8. The molecule has 1 heterocycles. The van der Waals surface area contributed by atoms with Gasteiger partial charge in [-0.1, -0.05) is 0 Å². The molecule has 16 heavy (non-hydrogen) atoms. The maximum absolute atomic E-state index is 12.8. The highest BCUT2D eigenvalue weighted by Gasteiger charge is 2.16. The van der Waals surface area contributed by atoms with Gasteiger partial charge in [0.15, 0.2) is 0 Å². The lowest BCUT2D eigenvalue weighted by atomic mass is 10.2. The van der Waals surface area contributed by atoms with Crippen LogP contribution in [0.3, 0.4) is 0 Å². The maximum Gasteiger partial charge on any atom is 0.254 e. The van der Waals surface area contributed by atoms with Crippen LogP contribution in [0.4, 0.5) is 4.39 Å². The third-order valence-corrected chi connectivity index (χ3v) is 1.99. The van der Waals surface area contributed by atoms with E-state index in [2.05, 4.69) is 4.98 Å². The van der Waals surface area contributed by atoms with Crippen LogP contribution in [-0.2, 0) is 4.79 Å². The third-order valence-electron chi connectivity index (χ3n) is 1.99. The highest BCUT2D eigenvalue weighted by atomic mass is 19.1. The summed E-state index contributed by atoms with van der Waals surface area (Å²) in [5.74, 6) is -1.78. The predicted octanol–water partition coefficient (Wildman–Crippen LogP) is 0.168. The molecule has 0 bridgehead atoms. The van der Waals surface area contributed by atoms with E-state index in [1.165, 1.54) is 17.2 Å². The van der Waals surface area contributed by atoms with E-state index in [0.29, 0.717) is 6.54 Å². The van der Waals surface area contributed by atoms with Crippen molar-refractivity contribution in [1.29, 1.82) is 0 Å². The molecular weight excluding hydrogens is 213 g/mol.